The molecule has 0 amide bonds. The van der Waals surface area contributed by atoms with E-state index in [0.29, 0.717) is 0 Å². The van der Waals surface area contributed by atoms with Crippen molar-refractivity contribution in [3.8, 4) is 0 Å². The maximum Gasteiger partial charge on any atom is 0.305 e. The fraction of sp³-hybridized carbons (Fsp3) is 0.667. The summed E-state index contributed by atoms with van der Waals surface area (Å²) in [7, 11) is -3.61. The van der Waals surface area contributed by atoms with Gasteiger partial charge in [0.15, 0.2) is 0 Å². The Balaban J connectivity index is 2.75. The molecule has 1 aromatic heterocycles. The first-order valence-electron chi connectivity index (χ1n) is 6.52. The molecule has 20 heavy (non-hydrogen) atoms. The molecule has 1 rings (SSSR count). The Morgan fingerprint density at radius 2 is 2.15 bits per heavy atom. The molecular formula is C12H21N3O4S. The monoisotopic (exact) mass is 303 g/mol. The van der Waals surface area contributed by atoms with Gasteiger partial charge in [0.25, 0.3) is 0 Å². The van der Waals surface area contributed by atoms with Gasteiger partial charge in [0.1, 0.15) is 4.90 Å². The number of nitrogens with one attached hydrogen (secondary N) is 1. The number of carboxylic acids is 1. The predicted octanol–water partition coefficient (Wildman–Crippen LogP) is 1.07. The van der Waals surface area contributed by atoms with Gasteiger partial charge in [0.2, 0.25) is 10.0 Å². The Kier molecular flexibility index (Phi) is 5.70. The molecule has 114 valence electrons. The van der Waals surface area contributed by atoms with Crippen LogP contribution in [0.1, 0.15) is 33.6 Å². The molecule has 0 fully saturated rings. The lowest BCUT2D eigenvalue weighted by atomic mass is 10.0. The van der Waals surface area contributed by atoms with Crippen LogP contribution in [0.4, 0.5) is 0 Å². The van der Waals surface area contributed by atoms with E-state index in [9.17, 15) is 13.2 Å². The number of carboxylic acid groups (broad SMARTS) is 1. The molecule has 0 aliphatic heterocycles. The van der Waals surface area contributed by atoms with Crippen molar-refractivity contribution in [2.24, 2.45) is 5.92 Å². The largest absolute Gasteiger partial charge is 0.481 e. The lowest BCUT2D eigenvalue weighted by Gasteiger charge is -2.19. The minimum Gasteiger partial charge on any atom is -0.481 e. The van der Waals surface area contributed by atoms with E-state index in [-0.39, 0.29) is 29.8 Å². The molecule has 2 unspecified atom stereocenters. The second-order valence-corrected chi connectivity index (χ2v) is 6.59. The first-order chi connectivity index (χ1) is 9.26. The molecule has 0 aromatic carbocycles. The fourth-order valence-electron chi connectivity index (χ4n) is 1.60. The number of hydrogen-bond donors (Lipinski definition) is 2. The first kappa shape index (κ1) is 16.6. The Morgan fingerprint density at radius 3 is 2.70 bits per heavy atom. The normalized spacial score (nSPS) is 14.9. The number of rotatable bonds is 8. The van der Waals surface area contributed by atoms with Gasteiger partial charge in [0.05, 0.1) is 19.2 Å². The molecule has 2 N–H and O–H groups in total. The van der Waals surface area contributed by atoms with Crippen molar-refractivity contribution in [3.05, 3.63) is 12.4 Å². The van der Waals surface area contributed by atoms with Crippen LogP contribution in [0.2, 0.25) is 0 Å². The lowest BCUT2D eigenvalue weighted by molar-refractivity contribution is -0.137. The van der Waals surface area contributed by atoms with Crippen LogP contribution < -0.4 is 4.72 Å². The fourth-order valence-corrected chi connectivity index (χ4v) is 2.90. The Morgan fingerprint density at radius 1 is 1.50 bits per heavy atom. The van der Waals surface area contributed by atoms with Crippen molar-refractivity contribution in [3.63, 3.8) is 0 Å². The third kappa shape index (κ3) is 4.61. The molecule has 8 heteroatoms. The average Bonchev–Trinajstić information content (AvgIpc) is 2.84. The number of nitrogens with zero attached hydrogens (tertiary/aromatic N) is 2. The van der Waals surface area contributed by atoms with Crippen LogP contribution in [-0.2, 0) is 21.4 Å². The Labute approximate surface area is 119 Å². The summed E-state index contributed by atoms with van der Waals surface area (Å²) < 4.78 is 28.2. The summed E-state index contributed by atoms with van der Waals surface area (Å²) in [6.45, 7) is 5.94. The van der Waals surface area contributed by atoms with Crippen LogP contribution in [-0.4, -0.2) is 35.3 Å². The first-order valence-corrected chi connectivity index (χ1v) is 8.01. The van der Waals surface area contributed by atoms with E-state index in [4.69, 9.17) is 5.11 Å². The molecular weight excluding hydrogens is 282 g/mol. The van der Waals surface area contributed by atoms with Gasteiger partial charge < -0.3 is 5.11 Å². The zero-order valence-electron chi connectivity index (χ0n) is 11.9. The van der Waals surface area contributed by atoms with Crippen molar-refractivity contribution in [1.29, 1.82) is 0 Å². The van der Waals surface area contributed by atoms with Crippen molar-refractivity contribution in [2.45, 2.75) is 51.1 Å². The second-order valence-electron chi connectivity index (χ2n) is 4.88. The molecule has 0 saturated carbocycles. The van der Waals surface area contributed by atoms with E-state index in [1.165, 1.54) is 17.1 Å². The predicted molar refractivity (Wildman–Crippen MR) is 73.7 cm³/mol. The summed E-state index contributed by atoms with van der Waals surface area (Å²) in [5.74, 6) is -0.722. The SMILES string of the molecule is CCC(C)C(C)NS(=O)(=O)c1cnn(CCC(=O)O)c1. The molecule has 2 atom stereocenters. The van der Waals surface area contributed by atoms with E-state index in [2.05, 4.69) is 9.82 Å². The standard InChI is InChI=1S/C12H21N3O4S/c1-4-9(2)10(3)14-20(18,19)11-7-13-15(8-11)6-5-12(16)17/h7-10,14H,4-6H2,1-3H3,(H,16,17). The third-order valence-electron chi connectivity index (χ3n) is 3.31. The number of aliphatic carboxylic acids is 1. The number of sulfonamides is 1. The molecule has 0 aliphatic carbocycles. The van der Waals surface area contributed by atoms with Gasteiger partial charge >= 0.3 is 5.97 Å². The number of aromatic nitrogens is 2. The zero-order valence-corrected chi connectivity index (χ0v) is 12.7. The minimum atomic E-state index is -3.61. The van der Waals surface area contributed by atoms with E-state index in [1.54, 1.807) is 0 Å². The summed E-state index contributed by atoms with van der Waals surface area (Å²) >= 11 is 0. The minimum absolute atomic E-state index is 0.0537. The van der Waals surface area contributed by atoms with Crippen LogP contribution in [0, 0.1) is 5.92 Å². The highest BCUT2D eigenvalue weighted by Gasteiger charge is 2.21. The third-order valence-corrected chi connectivity index (χ3v) is 4.83. The van der Waals surface area contributed by atoms with E-state index >= 15 is 0 Å². The highest BCUT2D eigenvalue weighted by atomic mass is 32.2. The maximum absolute atomic E-state index is 12.1. The summed E-state index contributed by atoms with van der Waals surface area (Å²) in [4.78, 5) is 10.5. The average molecular weight is 303 g/mol. The van der Waals surface area contributed by atoms with Crippen molar-refractivity contribution >= 4 is 16.0 Å². The molecule has 7 nitrogen and oxygen atoms in total. The van der Waals surface area contributed by atoms with Crippen LogP contribution >= 0.6 is 0 Å². The van der Waals surface area contributed by atoms with Gasteiger partial charge in [0, 0.05) is 12.2 Å². The van der Waals surface area contributed by atoms with E-state index < -0.39 is 16.0 Å². The molecule has 0 spiro atoms. The Hall–Kier alpha value is -1.41. The quantitative estimate of drug-likeness (QED) is 0.748. The van der Waals surface area contributed by atoms with Gasteiger partial charge in [-0.1, -0.05) is 20.3 Å². The van der Waals surface area contributed by atoms with Crippen molar-refractivity contribution in [2.75, 3.05) is 0 Å². The Bertz CT molecular complexity index is 553. The molecule has 1 heterocycles. The summed E-state index contributed by atoms with van der Waals surface area (Å²) in [5, 5.41) is 12.4. The highest BCUT2D eigenvalue weighted by molar-refractivity contribution is 7.89. The van der Waals surface area contributed by atoms with Crippen molar-refractivity contribution in [1.82, 2.24) is 14.5 Å². The van der Waals surface area contributed by atoms with Crippen molar-refractivity contribution < 1.29 is 18.3 Å². The van der Waals surface area contributed by atoms with Crippen LogP contribution in [0.15, 0.2) is 17.3 Å². The summed E-state index contributed by atoms with van der Waals surface area (Å²) in [6.07, 6.45) is 3.35. The zero-order chi connectivity index (χ0) is 15.3. The second kappa shape index (κ2) is 6.85. The van der Waals surface area contributed by atoms with Gasteiger partial charge in [-0.15, -0.1) is 0 Å². The smallest absolute Gasteiger partial charge is 0.305 e. The maximum atomic E-state index is 12.1. The van der Waals surface area contributed by atoms with E-state index in [1.807, 2.05) is 20.8 Å². The number of hydrogen-bond acceptors (Lipinski definition) is 4. The van der Waals surface area contributed by atoms with Gasteiger partial charge in [-0.25, -0.2) is 13.1 Å². The number of carbonyl (C=O) groups is 1. The highest BCUT2D eigenvalue weighted by Crippen LogP contribution is 2.13. The van der Waals surface area contributed by atoms with Crippen LogP contribution in [0.5, 0.6) is 0 Å². The molecule has 1 aromatic rings. The summed E-state index contributed by atoms with van der Waals surface area (Å²) in [6, 6.07) is -0.174. The van der Waals surface area contributed by atoms with Crippen LogP contribution in [0.25, 0.3) is 0 Å². The molecule has 0 bridgehead atoms. The van der Waals surface area contributed by atoms with Gasteiger partial charge in [-0.2, -0.15) is 5.10 Å². The molecule has 0 aliphatic rings. The van der Waals surface area contributed by atoms with Gasteiger partial charge in [-0.05, 0) is 12.8 Å². The lowest BCUT2D eigenvalue weighted by Crippen LogP contribution is -2.36. The molecule has 0 saturated heterocycles. The van der Waals surface area contributed by atoms with Crippen LogP contribution in [0.3, 0.4) is 0 Å². The topological polar surface area (TPSA) is 101 Å². The van der Waals surface area contributed by atoms with E-state index in [0.717, 1.165) is 6.42 Å². The summed E-state index contributed by atoms with van der Waals surface area (Å²) in [5.41, 5.74) is 0. The molecule has 0 radical (unpaired) electrons. The number of aryl methyl sites for hydroxylation is 1. The van der Waals surface area contributed by atoms with Gasteiger partial charge in [-0.3, -0.25) is 9.48 Å².